The first-order valence-corrected chi connectivity index (χ1v) is 15.2. The second-order valence-corrected chi connectivity index (χ2v) is 13.1. The van der Waals surface area contributed by atoms with Crippen LogP contribution in [0.4, 0.5) is 4.39 Å². The van der Waals surface area contributed by atoms with E-state index in [-0.39, 0.29) is 17.2 Å². The lowest BCUT2D eigenvalue weighted by Gasteiger charge is -2.28. The van der Waals surface area contributed by atoms with Gasteiger partial charge in [-0.25, -0.2) is 18.0 Å². The van der Waals surface area contributed by atoms with Gasteiger partial charge in [0.2, 0.25) is 0 Å². The molecule has 5 nitrogen and oxygen atoms in total. The Labute approximate surface area is 235 Å². The van der Waals surface area contributed by atoms with E-state index >= 15 is 0 Å². The Kier molecular flexibility index (Phi) is 10.2. The zero-order chi connectivity index (χ0) is 27.9. The molecular formula is C30H38BrFN4OS. The van der Waals surface area contributed by atoms with Gasteiger partial charge in [0, 0.05) is 18.0 Å². The highest BCUT2D eigenvalue weighted by atomic mass is 79.9. The number of hydrogen-bond acceptors (Lipinski definition) is 3. The molecule has 8 heteroatoms. The van der Waals surface area contributed by atoms with Crippen molar-refractivity contribution in [1.29, 1.82) is 0 Å². The molecule has 0 aliphatic heterocycles. The van der Waals surface area contributed by atoms with Crippen LogP contribution in [0, 0.1) is 24.1 Å². The number of allylic oxidation sites excluding steroid dienone is 6. The molecule has 3 rings (SSSR count). The number of rotatable bonds is 11. The standard InChI is InChI=1S/C30H38BrFN4OS/c1-22-9-7-16-30(5,17-15-22)24(3)19-29(36-25(4)28(31)21-34-36)33-20-23(2)10-8-18-35-38(6,37)27-13-11-26(32)12-14-27/h7-15,19,21,23,33H,3,6,16-18,20H2,1-2,4-5H3,(H,35,37)/b10-8+,29-19-. The Morgan fingerprint density at radius 3 is 2.68 bits per heavy atom. The summed E-state index contributed by atoms with van der Waals surface area (Å²) in [6.07, 6.45) is 16.4. The van der Waals surface area contributed by atoms with E-state index in [1.54, 1.807) is 6.20 Å². The van der Waals surface area contributed by atoms with Gasteiger partial charge in [-0.05, 0) is 95.7 Å². The van der Waals surface area contributed by atoms with Gasteiger partial charge < -0.3 is 5.32 Å². The Morgan fingerprint density at radius 1 is 1.32 bits per heavy atom. The molecule has 2 N–H and O–H groups in total. The topological polar surface area (TPSA) is 58.9 Å². The van der Waals surface area contributed by atoms with Crippen LogP contribution in [0.3, 0.4) is 0 Å². The van der Waals surface area contributed by atoms with Crippen LogP contribution in [-0.4, -0.2) is 32.9 Å². The summed E-state index contributed by atoms with van der Waals surface area (Å²) in [6.45, 7) is 14.0. The molecule has 3 atom stereocenters. The molecule has 0 spiro atoms. The SMILES string of the molecule is C=C(/C=C(/NCC(C)/C=C/CNS(=C)(=O)c1ccc(F)cc1)n1ncc(Br)c1C)C1(C)CC=CC(C)=CC1. The molecule has 1 aliphatic carbocycles. The molecular weight excluding hydrogens is 563 g/mol. The lowest BCUT2D eigenvalue weighted by molar-refractivity contribution is 0.421. The van der Waals surface area contributed by atoms with Gasteiger partial charge in [0.05, 0.1) is 26.1 Å². The maximum Gasteiger partial charge on any atom is 0.128 e. The van der Waals surface area contributed by atoms with Gasteiger partial charge in [-0.3, -0.25) is 0 Å². The lowest BCUT2D eigenvalue weighted by Crippen LogP contribution is -2.26. The van der Waals surface area contributed by atoms with Crippen LogP contribution in [0.1, 0.15) is 39.3 Å². The van der Waals surface area contributed by atoms with Crippen LogP contribution in [0.5, 0.6) is 0 Å². The second-order valence-electron chi connectivity index (χ2n) is 10.1. The number of hydrogen-bond donors (Lipinski definition) is 2. The van der Waals surface area contributed by atoms with Crippen molar-refractivity contribution < 1.29 is 8.60 Å². The second kappa shape index (κ2) is 12.9. The van der Waals surface area contributed by atoms with Crippen molar-refractivity contribution in [2.75, 3.05) is 13.1 Å². The van der Waals surface area contributed by atoms with E-state index in [1.807, 2.05) is 17.7 Å². The zero-order valence-corrected chi connectivity index (χ0v) is 25.0. The monoisotopic (exact) mass is 600 g/mol. The van der Waals surface area contributed by atoms with Crippen LogP contribution in [0.25, 0.3) is 5.82 Å². The third-order valence-electron chi connectivity index (χ3n) is 6.79. The summed E-state index contributed by atoms with van der Waals surface area (Å²) < 4.78 is 31.8. The van der Waals surface area contributed by atoms with Crippen molar-refractivity contribution in [3.8, 4) is 0 Å². The zero-order valence-electron chi connectivity index (χ0n) is 22.6. The Bertz CT molecular complexity index is 1370. The van der Waals surface area contributed by atoms with Crippen molar-refractivity contribution in [2.24, 2.45) is 11.3 Å². The molecule has 2 aromatic rings. The van der Waals surface area contributed by atoms with Crippen LogP contribution < -0.4 is 10.0 Å². The van der Waals surface area contributed by atoms with Crippen LogP contribution >= 0.6 is 15.9 Å². The highest BCUT2D eigenvalue weighted by Gasteiger charge is 2.26. The van der Waals surface area contributed by atoms with Crippen molar-refractivity contribution in [3.63, 3.8) is 0 Å². The average Bonchev–Trinajstić information content (AvgIpc) is 3.09. The number of nitrogens with zero attached hydrogens (tertiary/aromatic N) is 2. The van der Waals surface area contributed by atoms with E-state index in [9.17, 15) is 8.60 Å². The summed E-state index contributed by atoms with van der Waals surface area (Å²) >= 11 is 3.57. The molecule has 0 saturated heterocycles. The molecule has 3 unspecified atom stereocenters. The van der Waals surface area contributed by atoms with Crippen LogP contribution in [0.15, 0.2) is 94.0 Å². The van der Waals surface area contributed by atoms with Gasteiger partial charge in [-0.2, -0.15) is 5.10 Å². The van der Waals surface area contributed by atoms with Gasteiger partial charge in [0.1, 0.15) is 11.6 Å². The normalized spacial score (nSPS) is 20.6. The van der Waals surface area contributed by atoms with E-state index in [0.29, 0.717) is 18.0 Å². The summed E-state index contributed by atoms with van der Waals surface area (Å²) in [5.41, 5.74) is 3.23. The molecule has 0 fully saturated rings. The molecule has 1 heterocycles. The predicted molar refractivity (Wildman–Crippen MR) is 163 cm³/mol. The molecule has 0 amide bonds. The highest BCUT2D eigenvalue weighted by Crippen LogP contribution is 2.38. The molecule has 38 heavy (non-hydrogen) atoms. The summed E-state index contributed by atoms with van der Waals surface area (Å²) in [5, 5.41) is 8.12. The highest BCUT2D eigenvalue weighted by molar-refractivity contribution is 9.10. The fourth-order valence-electron chi connectivity index (χ4n) is 4.02. The number of halogens is 2. The van der Waals surface area contributed by atoms with E-state index in [4.69, 9.17) is 0 Å². The molecule has 1 aliphatic rings. The van der Waals surface area contributed by atoms with E-state index in [2.05, 4.69) is 94.7 Å². The maximum absolute atomic E-state index is 13.2. The summed E-state index contributed by atoms with van der Waals surface area (Å²) in [4.78, 5) is 0.473. The number of aromatic nitrogens is 2. The van der Waals surface area contributed by atoms with Crippen LogP contribution in [0.2, 0.25) is 0 Å². The lowest BCUT2D eigenvalue weighted by atomic mass is 9.77. The third-order valence-corrected chi connectivity index (χ3v) is 9.23. The minimum absolute atomic E-state index is 0.0808. The molecule has 0 radical (unpaired) electrons. The quantitative estimate of drug-likeness (QED) is 0.169. The fourth-order valence-corrected chi connectivity index (χ4v) is 5.39. The Hall–Kier alpha value is -2.68. The summed E-state index contributed by atoms with van der Waals surface area (Å²) in [7, 11) is -2.70. The maximum atomic E-state index is 13.2. The largest absolute Gasteiger partial charge is 0.369 e. The first-order chi connectivity index (χ1) is 17.9. The fraction of sp³-hybridized carbons (Fsp3) is 0.333. The van der Waals surface area contributed by atoms with Crippen LogP contribution in [-0.2, 0) is 9.71 Å². The molecule has 0 saturated carbocycles. The first-order valence-electron chi connectivity index (χ1n) is 12.6. The van der Waals surface area contributed by atoms with Crippen molar-refractivity contribution in [1.82, 2.24) is 19.8 Å². The number of benzene rings is 1. The van der Waals surface area contributed by atoms with Gasteiger partial charge in [-0.15, -0.1) is 0 Å². The van der Waals surface area contributed by atoms with Crippen molar-refractivity contribution in [2.45, 2.75) is 45.4 Å². The average molecular weight is 602 g/mol. The molecule has 0 bridgehead atoms. The van der Waals surface area contributed by atoms with E-state index < -0.39 is 9.71 Å². The van der Waals surface area contributed by atoms with Gasteiger partial charge >= 0.3 is 0 Å². The van der Waals surface area contributed by atoms with Gasteiger partial charge in [0.15, 0.2) is 0 Å². The summed E-state index contributed by atoms with van der Waals surface area (Å²) in [6, 6.07) is 5.56. The number of nitrogens with one attached hydrogen (secondary N) is 2. The van der Waals surface area contributed by atoms with Gasteiger partial charge in [0.25, 0.3) is 0 Å². The predicted octanol–water partition coefficient (Wildman–Crippen LogP) is 6.81. The van der Waals surface area contributed by atoms with E-state index in [0.717, 1.165) is 34.4 Å². The van der Waals surface area contributed by atoms with Crippen molar-refractivity contribution >= 4 is 37.3 Å². The Morgan fingerprint density at radius 2 is 2.03 bits per heavy atom. The van der Waals surface area contributed by atoms with E-state index in [1.165, 1.54) is 29.8 Å². The third kappa shape index (κ3) is 7.91. The molecule has 1 aromatic carbocycles. The summed E-state index contributed by atoms with van der Waals surface area (Å²) in [5.74, 6) is 4.46. The molecule has 204 valence electrons. The Balaban J connectivity index is 1.67. The smallest absolute Gasteiger partial charge is 0.128 e. The first kappa shape index (κ1) is 29.9. The van der Waals surface area contributed by atoms with Crippen molar-refractivity contribution in [3.05, 3.63) is 101 Å². The van der Waals surface area contributed by atoms with Gasteiger partial charge in [-0.1, -0.05) is 56.4 Å². The minimum Gasteiger partial charge on any atom is -0.369 e. The minimum atomic E-state index is -2.70. The molecule has 1 aromatic heterocycles.